The van der Waals surface area contributed by atoms with Gasteiger partial charge in [0.15, 0.2) is 5.43 Å². The van der Waals surface area contributed by atoms with Gasteiger partial charge in [0.1, 0.15) is 40.4 Å². The largest absolute Gasteiger partial charge is 0.507 e. The number of hydrogen-bond donors (Lipinski definition) is 4. The van der Waals surface area contributed by atoms with Gasteiger partial charge in [-0.25, -0.2) is 0 Å². The fraction of sp³-hybridized carbons (Fsp3) is 0.286. The first kappa shape index (κ1) is 19.4. The SMILES string of the molecule is O=c1cc(-c2ccccc2)oc2cc(O[C@H]3C[C@@H](O)[C@H](O)[C@@H](CO)O3)cc(O)c12. The minimum absolute atomic E-state index is 0.0188. The van der Waals surface area contributed by atoms with Crippen molar-refractivity contribution < 1.29 is 34.3 Å². The van der Waals surface area contributed by atoms with E-state index in [1.165, 1.54) is 18.2 Å². The number of fused-ring (bicyclic) bond motifs is 1. The lowest BCUT2D eigenvalue weighted by Gasteiger charge is -2.36. The summed E-state index contributed by atoms with van der Waals surface area (Å²) >= 11 is 0. The fourth-order valence-corrected chi connectivity index (χ4v) is 3.35. The Hall–Kier alpha value is -2.91. The average Bonchev–Trinajstić information content (AvgIpc) is 2.70. The maximum absolute atomic E-state index is 12.5. The summed E-state index contributed by atoms with van der Waals surface area (Å²) in [6, 6.07) is 13.1. The average molecular weight is 400 g/mol. The zero-order valence-corrected chi connectivity index (χ0v) is 15.3. The standard InChI is InChI=1S/C21H20O8/c22-10-18-21(26)15(25)9-19(29-18)27-12-6-13(23)20-14(24)8-16(28-17(20)7-12)11-4-2-1-3-5-11/h1-8,15,18-19,21-23,25-26H,9-10H2/t15-,18-,19-,21+/m1/s1. The van der Waals surface area contributed by atoms with Crippen LogP contribution in [-0.4, -0.2) is 51.6 Å². The van der Waals surface area contributed by atoms with Gasteiger partial charge in [0.25, 0.3) is 0 Å². The van der Waals surface area contributed by atoms with E-state index in [1.54, 1.807) is 12.1 Å². The first-order valence-corrected chi connectivity index (χ1v) is 9.11. The van der Waals surface area contributed by atoms with Crippen LogP contribution in [0.5, 0.6) is 11.5 Å². The predicted molar refractivity (Wildman–Crippen MR) is 103 cm³/mol. The van der Waals surface area contributed by atoms with Crippen molar-refractivity contribution in [3.05, 3.63) is 58.8 Å². The van der Waals surface area contributed by atoms with E-state index in [2.05, 4.69) is 0 Å². The Morgan fingerprint density at radius 2 is 1.86 bits per heavy atom. The molecule has 1 aliphatic rings. The topological polar surface area (TPSA) is 130 Å². The molecule has 0 spiro atoms. The van der Waals surface area contributed by atoms with Crippen molar-refractivity contribution in [3.8, 4) is 22.8 Å². The fourth-order valence-electron chi connectivity index (χ4n) is 3.35. The summed E-state index contributed by atoms with van der Waals surface area (Å²) in [6.45, 7) is -0.490. The van der Waals surface area contributed by atoms with Gasteiger partial charge in [-0.3, -0.25) is 4.79 Å². The molecule has 4 N–H and O–H groups in total. The molecular formula is C21H20O8. The lowest BCUT2D eigenvalue weighted by molar-refractivity contribution is -0.229. The highest BCUT2D eigenvalue weighted by Gasteiger charge is 2.37. The molecule has 4 rings (SSSR count). The van der Waals surface area contributed by atoms with Crippen LogP contribution in [0.15, 0.2) is 57.7 Å². The van der Waals surface area contributed by atoms with Crippen LogP contribution in [0.3, 0.4) is 0 Å². The summed E-state index contributed by atoms with van der Waals surface area (Å²) in [7, 11) is 0. The molecule has 3 aromatic rings. The highest BCUT2D eigenvalue weighted by molar-refractivity contribution is 5.86. The minimum Gasteiger partial charge on any atom is -0.507 e. The van der Waals surface area contributed by atoms with E-state index >= 15 is 0 Å². The lowest BCUT2D eigenvalue weighted by Crippen LogP contribution is -2.51. The quantitative estimate of drug-likeness (QED) is 0.517. The van der Waals surface area contributed by atoms with E-state index in [4.69, 9.17) is 13.9 Å². The minimum atomic E-state index is -1.23. The maximum atomic E-state index is 12.5. The van der Waals surface area contributed by atoms with Gasteiger partial charge in [-0.15, -0.1) is 0 Å². The van der Waals surface area contributed by atoms with Gasteiger partial charge < -0.3 is 34.3 Å². The summed E-state index contributed by atoms with van der Waals surface area (Å²) in [5.74, 6) is 0.169. The zero-order valence-electron chi connectivity index (χ0n) is 15.3. The van der Waals surface area contributed by atoms with Crippen LogP contribution >= 0.6 is 0 Å². The van der Waals surface area contributed by atoms with Crippen LogP contribution < -0.4 is 10.2 Å². The molecule has 0 saturated carbocycles. The molecule has 0 amide bonds. The van der Waals surface area contributed by atoms with Crippen molar-refractivity contribution in [2.75, 3.05) is 6.61 Å². The van der Waals surface area contributed by atoms with Crippen LogP contribution in [0.2, 0.25) is 0 Å². The summed E-state index contributed by atoms with van der Waals surface area (Å²) < 4.78 is 16.9. The molecule has 1 saturated heterocycles. The Kier molecular flexibility index (Phi) is 5.25. The molecule has 152 valence electrons. The molecule has 1 fully saturated rings. The first-order valence-electron chi connectivity index (χ1n) is 9.11. The van der Waals surface area contributed by atoms with Crippen molar-refractivity contribution in [3.63, 3.8) is 0 Å². The molecule has 8 heteroatoms. The molecule has 2 aromatic carbocycles. The van der Waals surface area contributed by atoms with Gasteiger partial charge in [-0.2, -0.15) is 0 Å². The normalized spacial score (nSPS) is 24.5. The molecule has 4 atom stereocenters. The molecule has 0 unspecified atom stereocenters. The molecule has 29 heavy (non-hydrogen) atoms. The Morgan fingerprint density at radius 1 is 1.10 bits per heavy atom. The van der Waals surface area contributed by atoms with E-state index in [9.17, 15) is 25.2 Å². The summed E-state index contributed by atoms with van der Waals surface area (Å²) in [4.78, 5) is 12.5. The molecule has 8 nitrogen and oxygen atoms in total. The highest BCUT2D eigenvalue weighted by Crippen LogP contribution is 2.32. The predicted octanol–water partition coefficient (Wildman–Crippen LogP) is 1.37. The second-order valence-corrected chi connectivity index (χ2v) is 6.85. The third kappa shape index (κ3) is 3.83. The molecule has 0 aliphatic carbocycles. The Labute approximate surface area is 165 Å². The monoisotopic (exact) mass is 400 g/mol. The Morgan fingerprint density at radius 3 is 2.59 bits per heavy atom. The Bertz CT molecular complexity index is 1060. The number of rotatable bonds is 4. The van der Waals surface area contributed by atoms with Gasteiger partial charge in [-0.05, 0) is 0 Å². The van der Waals surface area contributed by atoms with Gasteiger partial charge in [0, 0.05) is 30.2 Å². The number of hydrogen-bond acceptors (Lipinski definition) is 8. The number of phenols is 1. The van der Waals surface area contributed by atoms with Crippen LogP contribution in [-0.2, 0) is 4.74 Å². The molecule has 1 aromatic heterocycles. The summed E-state index contributed by atoms with van der Waals surface area (Å²) in [6.07, 6.45) is -4.37. The molecular weight excluding hydrogens is 380 g/mol. The third-order valence-corrected chi connectivity index (χ3v) is 4.82. The van der Waals surface area contributed by atoms with Gasteiger partial charge in [-0.1, -0.05) is 30.3 Å². The van der Waals surface area contributed by atoms with Crippen LogP contribution in [0.4, 0.5) is 0 Å². The highest BCUT2D eigenvalue weighted by atomic mass is 16.7. The van der Waals surface area contributed by atoms with E-state index in [-0.39, 0.29) is 28.9 Å². The molecule has 0 bridgehead atoms. The van der Waals surface area contributed by atoms with E-state index < -0.39 is 36.6 Å². The van der Waals surface area contributed by atoms with Gasteiger partial charge in [0.2, 0.25) is 6.29 Å². The number of aromatic hydroxyl groups is 1. The van der Waals surface area contributed by atoms with Crippen molar-refractivity contribution in [1.82, 2.24) is 0 Å². The summed E-state index contributed by atoms with van der Waals surface area (Å²) in [5.41, 5.74) is 0.430. The number of phenolic OH excluding ortho intramolecular Hbond substituents is 1. The van der Waals surface area contributed by atoms with Crippen molar-refractivity contribution in [2.24, 2.45) is 0 Å². The molecule has 0 radical (unpaired) electrons. The van der Waals surface area contributed by atoms with Crippen molar-refractivity contribution in [1.29, 1.82) is 0 Å². The third-order valence-electron chi connectivity index (χ3n) is 4.82. The number of aliphatic hydroxyl groups is 3. The zero-order chi connectivity index (χ0) is 20.5. The van der Waals surface area contributed by atoms with E-state index in [0.717, 1.165) is 0 Å². The second-order valence-electron chi connectivity index (χ2n) is 6.85. The smallest absolute Gasteiger partial charge is 0.202 e. The van der Waals surface area contributed by atoms with Gasteiger partial charge >= 0.3 is 0 Å². The van der Waals surface area contributed by atoms with E-state index in [0.29, 0.717) is 11.3 Å². The van der Waals surface area contributed by atoms with Crippen LogP contribution in [0.25, 0.3) is 22.3 Å². The van der Waals surface area contributed by atoms with Crippen molar-refractivity contribution in [2.45, 2.75) is 31.0 Å². The molecule has 2 heterocycles. The number of aliphatic hydroxyl groups excluding tert-OH is 3. The molecule has 1 aliphatic heterocycles. The van der Waals surface area contributed by atoms with E-state index in [1.807, 2.05) is 18.2 Å². The van der Waals surface area contributed by atoms with Gasteiger partial charge in [0.05, 0.1) is 12.7 Å². The number of ether oxygens (including phenoxy) is 2. The maximum Gasteiger partial charge on any atom is 0.202 e. The van der Waals surface area contributed by atoms with Crippen LogP contribution in [0.1, 0.15) is 6.42 Å². The van der Waals surface area contributed by atoms with Crippen molar-refractivity contribution >= 4 is 11.0 Å². The summed E-state index contributed by atoms with van der Waals surface area (Å²) in [5, 5.41) is 39.3. The Balaban J connectivity index is 1.68. The van der Waals surface area contributed by atoms with Crippen LogP contribution in [0, 0.1) is 0 Å². The lowest BCUT2D eigenvalue weighted by atomic mass is 10.0. The second kappa shape index (κ2) is 7.84. The first-order chi connectivity index (χ1) is 14.0. The number of benzene rings is 2.